The van der Waals surface area contributed by atoms with E-state index in [1.807, 2.05) is 12.1 Å². The van der Waals surface area contributed by atoms with Gasteiger partial charge in [-0.1, -0.05) is 23.7 Å². The standard InChI is InChI=1S/C15H20ClNO3/c1-15(2)8-4-7-12(17-15)13(20-14(18)19)10-5-3-6-11(16)9-10/h3,5-6,9,12-13,17H,4,7-8H2,1-2H3,(H,18,19)/t12-,13?/m1/s1. The molecule has 2 atom stereocenters. The molecule has 0 aliphatic carbocycles. The Morgan fingerprint density at radius 1 is 1.55 bits per heavy atom. The predicted molar refractivity (Wildman–Crippen MR) is 78.2 cm³/mol. The summed E-state index contributed by atoms with van der Waals surface area (Å²) in [4.78, 5) is 11.0. The lowest BCUT2D eigenvalue weighted by Gasteiger charge is -2.40. The van der Waals surface area contributed by atoms with Crippen LogP contribution in [0.4, 0.5) is 4.79 Å². The van der Waals surface area contributed by atoms with Crippen LogP contribution in [-0.2, 0) is 4.74 Å². The number of carbonyl (C=O) groups is 1. The first kappa shape index (κ1) is 15.1. The number of carboxylic acid groups (broad SMARTS) is 1. The highest BCUT2D eigenvalue weighted by molar-refractivity contribution is 6.30. The molecule has 2 rings (SSSR count). The van der Waals surface area contributed by atoms with Crippen molar-refractivity contribution in [1.82, 2.24) is 5.32 Å². The van der Waals surface area contributed by atoms with Crippen LogP contribution in [0.5, 0.6) is 0 Å². The van der Waals surface area contributed by atoms with Crippen LogP contribution in [0, 0.1) is 0 Å². The van der Waals surface area contributed by atoms with Crippen LogP contribution < -0.4 is 5.32 Å². The molecular formula is C15H20ClNO3. The highest BCUT2D eigenvalue weighted by Gasteiger charge is 2.34. The van der Waals surface area contributed by atoms with Gasteiger partial charge in [0.2, 0.25) is 0 Å². The molecule has 1 aromatic rings. The zero-order valence-electron chi connectivity index (χ0n) is 11.7. The summed E-state index contributed by atoms with van der Waals surface area (Å²) >= 11 is 6.00. The van der Waals surface area contributed by atoms with Gasteiger partial charge in [-0.05, 0) is 50.8 Å². The van der Waals surface area contributed by atoms with Crippen molar-refractivity contribution in [1.29, 1.82) is 0 Å². The Morgan fingerprint density at radius 2 is 2.30 bits per heavy atom. The summed E-state index contributed by atoms with van der Waals surface area (Å²) in [6.07, 6.45) is 1.20. The number of benzene rings is 1. The Kier molecular flexibility index (Phi) is 4.55. The number of halogens is 1. The molecule has 0 spiro atoms. The molecule has 1 heterocycles. The number of ether oxygens (including phenoxy) is 1. The number of nitrogens with one attached hydrogen (secondary N) is 1. The largest absolute Gasteiger partial charge is 0.506 e. The van der Waals surface area contributed by atoms with Crippen LogP contribution in [-0.4, -0.2) is 22.8 Å². The molecule has 0 aromatic heterocycles. The second-order valence-corrected chi connectivity index (χ2v) is 6.32. The summed E-state index contributed by atoms with van der Waals surface area (Å²) in [5.74, 6) is 0. The van der Waals surface area contributed by atoms with Crippen LogP contribution in [0.25, 0.3) is 0 Å². The lowest BCUT2D eigenvalue weighted by Crippen LogP contribution is -2.52. The van der Waals surface area contributed by atoms with Crippen molar-refractivity contribution >= 4 is 17.8 Å². The van der Waals surface area contributed by atoms with Crippen LogP contribution in [0.1, 0.15) is 44.8 Å². The van der Waals surface area contributed by atoms with Crippen LogP contribution in [0.2, 0.25) is 5.02 Å². The van der Waals surface area contributed by atoms with Crippen molar-refractivity contribution in [2.24, 2.45) is 0 Å². The first-order chi connectivity index (χ1) is 9.37. The topological polar surface area (TPSA) is 58.6 Å². The molecule has 0 amide bonds. The lowest BCUT2D eigenvalue weighted by atomic mass is 9.85. The van der Waals surface area contributed by atoms with Gasteiger partial charge < -0.3 is 15.2 Å². The minimum absolute atomic E-state index is 0.0123. The number of piperidine rings is 1. The first-order valence-corrected chi connectivity index (χ1v) is 7.18. The number of hydrogen-bond donors (Lipinski definition) is 2. The van der Waals surface area contributed by atoms with Gasteiger partial charge in [0.15, 0.2) is 0 Å². The fraction of sp³-hybridized carbons (Fsp3) is 0.533. The average molecular weight is 298 g/mol. The zero-order valence-corrected chi connectivity index (χ0v) is 12.5. The average Bonchev–Trinajstić information content (AvgIpc) is 2.34. The molecular weight excluding hydrogens is 278 g/mol. The van der Waals surface area contributed by atoms with E-state index in [2.05, 4.69) is 19.2 Å². The molecule has 20 heavy (non-hydrogen) atoms. The van der Waals surface area contributed by atoms with Crippen molar-refractivity contribution in [2.75, 3.05) is 0 Å². The van der Waals surface area contributed by atoms with E-state index in [0.717, 1.165) is 24.8 Å². The van der Waals surface area contributed by atoms with Gasteiger partial charge in [0.05, 0.1) is 0 Å². The van der Waals surface area contributed by atoms with Crippen LogP contribution in [0.15, 0.2) is 24.3 Å². The summed E-state index contributed by atoms with van der Waals surface area (Å²) in [7, 11) is 0. The van der Waals surface area contributed by atoms with Crippen LogP contribution in [0.3, 0.4) is 0 Å². The van der Waals surface area contributed by atoms with E-state index in [0.29, 0.717) is 5.02 Å². The predicted octanol–water partition coefficient (Wildman–Crippen LogP) is 4.00. The van der Waals surface area contributed by atoms with Gasteiger partial charge in [0.1, 0.15) is 6.10 Å². The lowest BCUT2D eigenvalue weighted by molar-refractivity contribution is 0.0185. The minimum Gasteiger partial charge on any atom is -0.450 e. The fourth-order valence-corrected chi connectivity index (χ4v) is 3.01. The van der Waals surface area contributed by atoms with Gasteiger partial charge in [0.25, 0.3) is 0 Å². The van der Waals surface area contributed by atoms with Crippen molar-refractivity contribution in [3.05, 3.63) is 34.9 Å². The molecule has 1 fully saturated rings. The minimum atomic E-state index is -1.26. The third-order valence-electron chi connectivity index (χ3n) is 3.66. The summed E-state index contributed by atoms with van der Waals surface area (Å²) in [6.45, 7) is 4.24. The highest BCUT2D eigenvalue weighted by atomic mass is 35.5. The quantitative estimate of drug-likeness (QED) is 0.828. The summed E-state index contributed by atoms with van der Waals surface area (Å²) < 4.78 is 5.12. The van der Waals surface area contributed by atoms with E-state index in [1.54, 1.807) is 12.1 Å². The van der Waals surface area contributed by atoms with Gasteiger partial charge >= 0.3 is 6.16 Å². The molecule has 2 N–H and O–H groups in total. The molecule has 0 saturated carbocycles. The number of hydrogen-bond acceptors (Lipinski definition) is 3. The second-order valence-electron chi connectivity index (χ2n) is 5.89. The molecule has 0 bridgehead atoms. The summed E-state index contributed by atoms with van der Waals surface area (Å²) in [5.41, 5.74) is 0.775. The SMILES string of the molecule is CC1(C)CCC[C@H](C(OC(=O)O)c2cccc(Cl)c2)N1. The van der Waals surface area contributed by atoms with E-state index in [1.165, 1.54) is 0 Å². The second kappa shape index (κ2) is 6.02. The Labute approximate surface area is 124 Å². The molecule has 1 aromatic carbocycles. The number of rotatable bonds is 3. The molecule has 1 aliphatic rings. The molecule has 1 saturated heterocycles. The third kappa shape index (κ3) is 3.87. The van der Waals surface area contributed by atoms with E-state index in [4.69, 9.17) is 21.4 Å². The maximum Gasteiger partial charge on any atom is 0.506 e. The highest BCUT2D eigenvalue weighted by Crippen LogP contribution is 2.32. The molecule has 0 radical (unpaired) electrons. The van der Waals surface area contributed by atoms with E-state index in [9.17, 15) is 4.79 Å². The van der Waals surface area contributed by atoms with Crippen molar-refractivity contribution in [3.63, 3.8) is 0 Å². The molecule has 4 nitrogen and oxygen atoms in total. The Hall–Kier alpha value is -1.26. The molecule has 5 heteroatoms. The van der Waals surface area contributed by atoms with Gasteiger partial charge in [-0.15, -0.1) is 0 Å². The maximum atomic E-state index is 11.0. The van der Waals surface area contributed by atoms with Crippen molar-refractivity contribution in [2.45, 2.75) is 50.8 Å². The Morgan fingerprint density at radius 3 is 2.90 bits per heavy atom. The summed E-state index contributed by atoms with van der Waals surface area (Å²) in [5, 5.41) is 13.1. The molecule has 1 aliphatic heterocycles. The first-order valence-electron chi connectivity index (χ1n) is 6.80. The van der Waals surface area contributed by atoms with E-state index in [-0.39, 0.29) is 11.6 Å². The normalized spacial score (nSPS) is 23.1. The van der Waals surface area contributed by atoms with Gasteiger partial charge in [-0.3, -0.25) is 0 Å². The Bertz CT molecular complexity index is 490. The van der Waals surface area contributed by atoms with Crippen molar-refractivity contribution in [3.8, 4) is 0 Å². The third-order valence-corrected chi connectivity index (χ3v) is 3.90. The molecule has 110 valence electrons. The van der Waals surface area contributed by atoms with Gasteiger partial charge in [-0.25, -0.2) is 4.79 Å². The van der Waals surface area contributed by atoms with Gasteiger partial charge in [0, 0.05) is 16.6 Å². The summed E-state index contributed by atoms with van der Waals surface area (Å²) in [6, 6.07) is 7.15. The monoisotopic (exact) mass is 297 g/mol. The molecule has 1 unspecified atom stereocenters. The van der Waals surface area contributed by atoms with Crippen LogP contribution >= 0.6 is 11.6 Å². The maximum absolute atomic E-state index is 11.0. The zero-order chi connectivity index (χ0) is 14.8. The Balaban J connectivity index is 2.25. The van der Waals surface area contributed by atoms with Gasteiger partial charge in [-0.2, -0.15) is 0 Å². The fourth-order valence-electron chi connectivity index (χ4n) is 2.81. The van der Waals surface area contributed by atoms with Crippen molar-refractivity contribution < 1.29 is 14.6 Å². The van der Waals surface area contributed by atoms with E-state index >= 15 is 0 Å². The smallest absolute Gasteiger partial charge is 0.450 e. The van der Waals surface area contributed by atoms with E-state index < -0.39 is 12.3 Å².